The summed E-state index contributed by atoms with van der Waals surface area (Å²) in [5.74, 6) is -5.62. The molecule has 2 aliphatic rings. The van der Waals surface area contributed by atoms with E-state index in [9.17, 15) is 50.4 Å². The van der Waals surface area contributed by atoms with Crippen LogP contribution in [0.1, 0.15) is 6.42 Å². The third-order valence-corrected chi connectivity index (χ3v) is 5.46. The van der Waals surface area contributed by atoms with Gasteiger partial charge in [-0.05, 0) is 0 Å². The van der Waals surface area contributed by atoms with Gasteiger partial charge in [0.1, 0.15) is 49.3 Å². The number of hydrogen-bond acceptors (Lipinski definition) is 14. The largest absolute Gasteiger partial charge is 0.477 e. The van der Waals surface area contributed by atoms with Crippen molar-refractivity contribution in [3.8, 4) is 0 Å². The average Bonchev–Trinajstić information content (AvgIpc) is 2.79. The van der Waals surface area contributed by atoms with Gasteiger partial charge in [0, 0.05) is 6.42 Å². The van der Waals surface area contributed by atoms with Crippen molar-refractivity contribution >= 4 is 11.9 Å². The number of nitrogens with one attached hydrogen (secondary N) is 1. The normalized spacial score (nSPS) is 41.2. The molecule has 192 valence electrons. The van der Waals surface area contributed by atoms with Crippen molar-refractivity contribution in [3.05, 3.63) is 0 Å². The molecule has 16 nitrogen and oxygen atoms in total. The molecule has 0 saturated carbocycles. The van der Waals surface area contributed by atoms with Crippen LogP contribution in [0.4, 0.5) is 0 Å². The van der Waals surface area contributed by atoms with Gasteiger partial charge in [-0.2, -0.15) is 0 Å². The van der Waals surface area contributed by atoms with Crippen molar-refractivity contribution in [2.45, 2.75) is 73.4 Å². The summed E-state index contributed by atoms with van der Waals surface area (Å²) in [4.78, 5) is 23.6. The topological polar surface area (TPSA) is 276 Å². The van der Waals surface area contributed by atoms with Gasteiger partial charge in [-0.25, -0.2) is 4.79 Å². The molecule has 2 heterocycles. The first-order valence-corrected chi connectivity index (χ1v) is 9.86. The zero-order valence-corrected chi connectivity index (χ0v) is 17.1. The van der Waals surface area contributed by atoms with E-state index in [2.05, 4.69) is 5.32 Å². The number of hydrogen-bond donors (Lipinski definition) is 11. The van der Waals surface area contributed by atoms with Gasteiger partial charge in [0.2, 0.25) is 5.91 Å². The van der Waals surface area contributed by atoms with Gasteiger partial charge < -0.3 is 70.6 Å². The lowest BCUT2D eigenvalue weighted by atomic mass is 9.88. The monoisotopic (exact) mass is 487 g/mol. The maximum absolute atomic E-state index is 12.0. The molecule has 2 fully saturated rings. The van der Waals surface area contributed by atoms with Crippen LogP contribution in [0.3, 0.4) is 0 Å². The predicted molar refractivity (Wildman–Crippen MR) is 98.8 cm³/mol. The van der Waals surface area contributed by atoms with E-state index < -0.39 is 105 Å². The molecule has 0 aromatic carbocycles. The Labute approximate surface area is 186 Å². The lowest BCUT2D eigenvalue weighted by Crippen LogP contribution is -2.68. The maximum atomic E-state index is 12.0. The number of carbonyl (C=O) groups is 2. The molecule has 0 aromatic heterocycles. The van der Waals surface area contributed by atoms with E-state index in [4.69, 9.17) is 24.4 Å². The van der Waals surface area contributed by atoms with E-state index in [1.54, 1.807) is 0 Å². The Morgan fingerprint density at radius 3 is 2.24 bits per heavy atom. The third-order valence-electron chi connectivity index (χ3n) is 5.46. The summed E-state index contributed by atoms with van der Waals surface area (Å²) >= 11 is 0. The highest BCUT2D eigenvalue weighted by Crippen LogP contribution is 2.34. The fourth-order valence-corrected chi connectivity index (χ4v) is 3.56. The van der Waals surface area contributed by atoms with E-state index in [0.717, 1.165) is 0 Å². The predicted octanol–water partition coefficient (Wildman–Crippen LogP) is -7.08. The molecule has 0 aliphatic carbocycles. The molecule has 0 spiro atoms. The second-order valence-corrected chi connectivity index (χ2v) is 7.75. The number of aliphatic carboxylic acids is 1. The molecule has 2 rings (SSSR count). The van der Waals surface area contributed by atoms with Crippen molar-refractivity contribution in [1.82, 2.24) is 5.32 Å². The first-order valence-electron chi connectivity index (χ1n) is 9.86. The van der Waals surface area contributed by atoms with Crippen LogP contribution in [0.15, 0.2) is 0 Å². The van der Waals surface area contributed by atoms with E-state index in [1.807, 2.05) is 0 Å². The molecule has 0 radical (unpaired) electrons. The first-order chi connectivity index (χ1) is 15.4. The number of carboxylic acids is 1. The molecule has 11 atom stereocenters. The minimum Gasteiger partial charge on any atom is -0.477 e. The Hall–Kier alpha value is -1.54. The molecule has 11 N–H and O–H groups in total. The van der Waals surface area contributed by atoms with E-state index in [1.165, 1.54) is 0 Å². The molecule has 2 aliphatic heterocycles. The minimum atomic E-state index is -2.75. The summed E-state index contributed by atoms with van der Waals surface area (Å²) in [6.07, 6.45) is -17.5. The highest BCUT2D eigenvalue weighted by Gasteiger charge is 2.56. The molecule has 0 bridgehead atoms. The van der Waals surface area contributed by atoms with Gasteiger partial charge >= 0.3 is 5.97 Å². The Morgan fingerprint density at radius 2 is 1.70 bits per heavy atom. The number of carbonyl (C=O) groups excluding carboxylic acids is 1. The van der Waals surface area contributed by atoms with Crippen molar-refractivity contribution in [1.29, 1.82) is 0 Å². The highest BCUT2D eigenvalue weighted by molar-refractivity contribution is 5.78. The van der Waals surface area contributed by atoms with Crippen molar-refractivity contribution in [2.24, 2.45) is 0 Å². The standard InChI is InChI=1S/C17H29NO15/c19-2-6(22)10(24)14-9(18-8(23)3-20)5(21)1-17(33-14,16(29)30)31-4-7-11(25)12(26)13(27)15(28)32-7/h5-7,9-15,19-22,24-28H,1-4H2,(H,18,23)(H,29,30)/t5-,6+,7+,9+,10+,11-,12-,13+,14+,15?,17+/m0/s1. The molecular weight excluding hydrogens is 458 g/mol. The van der Waals surface area contributed by atoms with Crippen LogP contribution in [0.5, 0.6) is 0 Å². The van der Waals surface area contributed by atoms with Crippen LogP contribution in [0, 0.1) is 0 Å². The molecule has 1 unspecified atom stereocenters. The van der Waals surface area contributed by atoms with Gasteiger partial charge in [0.15, 0.2) is 6.29 Å². The summed E-state index contributed by atoms with van der Waals surface area (Å²) in [5, 5.41) is 99.4. The fraction of sp³-hybridized carbons (Fsp3) is 0.882. The van der Waals surface area contributed by atoms with Crippen LogP contribution in [-0.2, 0) is 23.8 Å². The average molecular weight is 487 g/mol. The minimum absolute atomic E-state index is 0.861. The Balaban J connectivity index is 2.28. The van der Waals surface area contributed by atoms with E-state index in [0.29, 0.717) is 0 Å². The number of aliphatic hydroxyl groups is 9. The highest BCUT2D eigenvalue weighted by atomic mass is 16.7. The summed E-state index contributed by atoms with van der Waals surface area (Å²) in [7, 11) is 0. The van der Waals surface area contributed by atoms with Crippen LogP contribution < -0.4 is 5.32 Å². The van der Waals surface area contributed by atoms with Gasteiger partial charge in [-0.15, -0.1) is 0 Å². The zero-order chi connectivity index (χ0) is 25.1. The van der Waals surface area contributed by atoms with Gasteiger partial charge in [0.25, 0.3) is 5.79 Å². The SMILES string of the molecule is O=C(CO)N[C@H]1[C@H]([C@H](O)[C@H](O)CO)O[C@@](OC[C@H]2OC(O)[C@H](O)[C@@H](O)[C@H]2O)(C(=O)O)C[C@@H]1O. The van der Waals surface area contributed by atoms with Crippen molar-refractivity contribution in [3.63, 3.8) is 0 Å². The molecule has 2 saturated heterocycles. The van der Waals surface area contributed by atoms with Crippen molar-refractivity contribution in [2.75, 3.05) is 19.8 Å². The Morgan fingerprint density at radius 1 is 1.06 bits per heavy atom. The summed E-state index contributed by atoms with van der Waals surface area (Å²) in [6, 6.07) is -1.55. The zero-order valence-electron chi connectivity index (χ0n) is 17.1. The lowest BCUT2D eigenvalue weighted by molar-refractivity contribution is -0.334. The molecule has 33 heavy (non-hydrogen) atoms. The van der Waals surface area contributed by atoms with Crippen LogP contribution in [-0.4, -0.2) is 150 Å². The van der Waals surface area contributed by atoms with Gasteiger partial charge in [-0.3, -0.25) is 4.79 Å². The van der Waals surface area contributed by atoms with Crippen LogP contribution in [0.25, 0.3) is 0 Å². The van der Waals surface area contributed by atoms with Crippen LogP contribution >= 0.6 is 0 Å². The van der Waals surface area contributed by atoms with Crippen molar-refractivity contribution < 1.29 is 74.9 Å². The molecular formula is C17H29NO15. The molecule has 0 aromatic rings. The Bertz CT molecular complexity index is 681. The maximum Gasteiger partial charge on any atom is 0.364 e. The molecule has 16 heteroatoms. The lowest BCUT2D eigenvalue weighted by Gasteiger charge is -2.47. The Kier molecular flexibility index (Phi) is 9.45. The summed E-state index contributed by atoms with van der Waals surface area (Å²) < 4.78 is 15.5. The second kappa shape index (κ2) is 11.3. The fourth-order valence-electron chi connectivity index (χ4n) is 3.56. The molecule has 1 amide bonds. The van der Waals surface area contributed by atoms with E-state index >= 15 is 0 Å². The number of carboxylic acid groups (broad SMARTS) is 1. The van der Waals surface area contributed by atoms with Gasteiger partial charge in [-0.1, -0.05) is 0 Å². The summed E-state index contributed by atoms with van der Waals surface area (Å²) in [6.45, 7) is -2.89. The summed E-state index contributed by atoms with van der Waals surface area (Å²) in [5.41, 5.74) is 0. The smallest absolute Gasteiger partial charge is 0.364 e. The number of rotatable bonds is 9. The van der Waals surface area contributed by atoms with E-state index in [-0.39, 0.29) is 0 Å². The quantitative estimate of drug-likeness (QED) is 0.144. The van der Waals surface area contributed by atoms with Gasteiger partial charge in [0.05, 0.1) is 25.4 Å². The number of aliphatic hydroxyl groups excluding tert-OH is 9. The number of ether oxygens (including phenoxy) is 3. The second-order valence-electron chi connectivity index (χ2n) is 7.75. The third kappa shape index (κ3) is 5.94. The van der Waals surface area contributed by atoms with Crippen LogP contribution in [0.2, 0.25) is 0 Å². The number of amides is 1. The first kappa shape index (κ1) is 27.7.